The minimum absolute atomic E-state index is 0.146. The van der Waals surface area contributed by atoms with E-state index in [1.54, 1.807) is 33.4 Å². The van der Waals surface area contributed by atoms with Crippen molar-refractivity contribution >= 4 is 79.8 Å². The van der Waals surface area contributed by atoms with Crippen LogP contribution in [0.3, 0.4) is 0 Å². The molecular formula is C56H74Cl2N8O6. The molecule has 0 unspecified atom stereocenters. The lowest BCUT2D eigenvalue weighted by Gasteiger charge is -2.22. The molecule has 16 heteroatoms. The second-order valence-corrected chi connectivity index (χ2v) is 18.5. The molecule has 0 spiro atoms. The van der Waals surface area contributed by atoms with Crippen LogP contribution in [0.25, 0.3) is 22.1 Å². The predicted octanol–water partition coefficient (Wildman–Crippen LogP) is 13.0. The summed E-state index contributed by atoms with van der Waals surface area (Å²) in [5.74, 6) is -1.18. The summed E-state index contributed by atoms with van der Waals surface area (Å²) in [5, 5.41) is 6.24. The van der Waals surface area contributed by atoms with Crippen LogP contribution in [0, 0.1) is 6.92 Å². The van der Waals surface area contributed by atoms with E-state index in [4.69, 9.17) is 33.0 Å². The number of nitrogens with one attached hydrogen (secondary N) is 2. The molecule has 6 aromatic rings. The number of anilines is 4. The van der Waals surface area contributed by atoms with Crippen molar-refractivity contribution in [2.45, 2.75) is 139 Å². The van der Waals surface area contributed by atoms with E-state index >= 15 is 0 Å². The Balaban J connectivity index is 0.000000288. The van der Waals surface area contributed by atoms with E-state index in [1.807, 2.05) is 69.3 Å². The van der Waals surface area contributed by atoms with Gasteiger partial charge < -0.3 is 29.6 Å². The number of aryl methyl sites for hydroxylation is 3. The van der Waals surface area contributed by atoms with Crippen molar-refractivity contribution in [2.75, 3.05) is 53.2 Å². The standard InChI is InChI=1S/C34H49ClN4O4.C22H25ClN4O2/c1-5-9-10-11-12-13-14-15-16-17-22-42-43-25-26-18-20-28(35)30(23-26)37-33(40)32-34(41)39(8-4)31-24-27(38(6-2)7-3)19-21-29(31)36-32;1-5-26(6-2)15-9-11-17-19(13-15)27(7-3)22(29)20(24-17)21(28)25-18-12-14(4)8-10-16(18)23/h18-21,23-24H,5-17,22,25H2,1-4H3,(H,37,40);8-13H,5-7H2,1-4H3,(H,25,28). The zero-order valence-corrected chi connectivity index (χ0v) is 45.1. The molecule has 14 nitrogen and oxygen atoms in total. The van der Waals surface area contributed by atoms with Crippen molar-refractivity contribution in [2.24, 2.45) is 0 Å². The van der Waals surface area contributed by atoms with Gasteiger partial charge in [-0.05, 0) is 127 Å². The molecule has 0 bridgehead atoms. The number of halogens is 2. The lowest BCUT2D eigenvalue weighted by molar-refractivity contribution is -0.304. The molecule has 2 heterocycles. The minimum Gasteiger partial charge on any atom is -0.372 e. The Kier molecular flexibility index (Phi) is 23.0. The van der Waals surface area contributed by atoms with Gasteiger partial charge in [0.05, 0.1) is 50.1 Å². The molecule has 0 fully saturated rings. The Morgan fingerprint density at radius 1 is 0.556 bits per heavy atom. The summed E-state index contributed by atoms with van der Waals surface area (Å²) in [4.78, 5) is 76.4. The highest BCUT2D eigenvalue weighted by molar-refractivity contribution is 6.34. The molecule has 0 saturated heterocycles. The van der Waals surface area contributed by atoms with Crippen molar-refractivity contribution in [3.63, 3.8) is 0 Å². The number of unbranched alkanes of at least 4 members (excludes halogenated alkanes) is 9. The summed E-state index contributed by atoms with van der Waals surface area (Å²) >= 11 is 12.6. The zero-order chi connectivity index (χ0) is 52.2. The maximum atomic E-state index is 13.3. The van der Waals surface area contributed by atoms with Crippen LogP contribution in [0.4, 0.5) is 22.7 Å². The third kappa shape index (κ3) is 15.4. The molecule has 388 valence electrons. The van der Waals surface area contributed by atoms with Crippen LogP contribution in [-0.4, -0.2) is 63.7 Å². The first-order valence-electron chi connectivity index (χ1n) is 25.8. The molecule has 2 N–H and O–H groups in total. The van der Waals surface area contributed by atoms with Gasteiger partial charge in [-0.15, -0.1) is 0 Å². The van der Waals surface area contributed by atoms with E-state index in [0.717, 1.165) is 61.5 Å². The summed E-state index contributed by atoms with van der Waals surface area (Å²) in [6.45, 7) is 21.3. The Morgan fingerprint density at radius 3 is 1.46 bits per heavy atom. The van der Waals surface area contributed by atoms with Gasteiger partial charge in [0.1, 0.15) is 6.61 Å². The van der Waals surface area contributed by atoms with E-state index in [0.29, 0.717) is 63.2 Å². The smallest absolute Gasteiger partial charge is 0.282 e. The van der Waals surface area contributed by atoms with Crippen LogP contribution in [0.15, 0.2) is 82.4 Å². The number of rotatable bonds is 26. The van der Waals surface area contributed by atoms with Crippen molar-refractivity contribution in [3.8, 4) is 0 Å². The van der Waals surface area contributed by atoms with Gasteiger partial charge in [-0.3, -0.25) is 19.2 Å². The molecule has 72 heavy (non-hydrogen) atoms. The van der Waals surface area contributed by atoms with Crippen molar-refractivity contribution in [1.29, 1.82) is 0 Å². The molecule has 0 atom stereocenters. The molecule has 4 aromatic carbocycles. The number of aromatic nitrogens is 4. The Morgan fingerprint density at radius 2 is 1.00 bits per heavy atom. The lowest BCUT2D eigenvalue weighted by atomic mass is 10.1. The number of hydrogen-bond donors (Lipinski definition) is 2. The van der Waals surface area contributed by atoms with E-state index in [-0.39, 0.29) is 18.0 Å². The number of amides is 2. The van der Waals surface area contributed by atoms with Crippen LogP contribution in [-0.2, 0) is 29.5 Å². The number of benzene rings is 4. The predicted molar refractivity (Wildman–Crippen MR) is 297 cm³/mol. The number of hydrogen-bond acceptors (Lipinski definition) is 10. The fourth-order valence-electron chi connectivity index (χ4n) is 8.62. The Hall–Kier alpha value is -5.80. The second-order valence-electron chi connectivity index (χ2n) is 17.7. The Bertz CT molecular complexity index is 2860. The Labute approximate surface area is 435 Å². The molecule has 6 rings (SSSR count). The van der Waals surface area contributed by atoms with Gasteiger partial charge in [0.25, 0.3) is 22.9 Å². The fraction of sp³-hybridized carbons (Fsp3) is 0.464. The van der Waals surface area contributed by atoms with Crippen LogP contribution in [0.5, 0.6) is 0 Å². The van der Waals surface area contributed by atoms with Crippen LogP contribution >= 0.6 is 23.2 Å². The monoisotopic (exact) mass is 1020 g/mol. The molecule has 0 aliphatic heterocycles. The first-order chi connectivity index (χ1) is 34.8. The van der Waals surface area contributed by atoms with E-state index in [2.05, 4.69) is 65.0 Å². The van der Waals surface area contributed by atoms with Crippen LogP contribution in [0.2, 0.25) is 10.0 Å². The normalized spacial score (nSPS) is 11.1. The largest absolute Gasteiger partial charge is 0.372 e. The second kappa shape index (κ2) is 29.0. The highest BCUT2D eigenvalue weighted by atomic mass is 35.5. The quantitative estimate of drug-likeness (QED) is 0.0305. The van der Waals surface area contributed by atoms with Gasteiger partial charge in [0.15, 0.2) is 11.4 Å². The lowest BCUT2D eigenvalue weighted by Crippen LogP contribution is -2.31. The third-order valence-electron chi connectivity index (χ3n) is 12.7. The van der Waals surface area contributed by atoms with Gasteiger partial charge in [-0.25, -0.2) is 19.7 Å². The van der Waals surface area contributed by atoms with Gasteiger partial charge in [-0.1, -0.05) is 100 Å². The van der Waals surface area contributed by atoms with Crippen LogP contribution < -0.4 is 31.6 Å². The van der Waals surface area contributed by atoms with E-state index < -0.39 is 22.9 Å². The molecule has 0 radical (unpaired) electrons. The number of fused-ring (bicyclic) bond motifs is 2. The van der Waals surface area contributed by atoms with Crippen molar-refractivity contribution < 1.29 is 19.4 Å². The average Bonchev–Trinajstić information content (AvgIpc) is 3.38. The summed E-state index contributed by atoms with van der Waals surface area (Å²) in [7, 11) is 0. The third-order valence-corrected chi connectivity index (χ3v) is 13.4. The average molecular weight is 1030 g/mol. The SMILES string of the molecule is CCCCCCCCCCCCOOCc1ccc(Cl)c(NC(=O)c2nc3ccc(N(CC)CC)cc3n(CC)c2=O)c1.CCN(CC)c1ccc2nc(C(=O)Nc3cc(C)ccc3Cl)c(=O)n(CC)c2c1. The first kappa shape index (κ1) is 57.1. The summed E-state index contributed by atoms with van der Waals surface area (Å²) in [5.41, 5.74) is 6.00. The highest BCUT2D eigenvalue weighted by Crippen LogP contribution is 2.27. The molecule has 0 aliphatic carbocycles. The first-order valence-corrected chi connectivity index (χ1v) is 26.6. The molecule has 2 amide bonds. The number of carbonyl (C=O) groups excluding carboxylic acids is 2. The van der Waals surface area contributed by atoms with Gasteiger partial charge in [-0.2, -0.15) is 0 Å². The fourth-order valence-corrected chi connectivity index (χ4v) is 8.95. The maximum absolute atomic E-state index is 13.3. The number of nitrogens with zero attached hydrogens (tertiary/aromatic N) is 6. The summed E-state index contributed by atoms with van der Waals surface area (Å²) in [6.07, 6.45) is 12.6. The van der Waals surface area contributed by atoms with Crippen LogP contribution in [0.1, 0.15) is 145 Å². The van der Waals surface area contributed by atoms with Gasteiger partial charge >= 0.3 is 0 Å². The van der Waals surface area contributed by atoms with E-state index in [9.17, 15) is 19.2 Å². The molecule has 2 aromatic heterocycles. The molecule has 0 aliphatic rings. The molecular weight excluding hydrogens is 952 g/mol. The van der Waals surface area contributed by atoms with Gasteiger partial charge in [0.2, 0.25) is 0 Å². The summed E-state index contributed by atoms with van der Waals surface area (Å²) in [6, 6.07) is 22.1. The number of carbonyl (C=O) groups is 2. The van der Waals surface area contributed by atoms with Crippen molar-refractivity contribution in [1.82, 2.24) is 19.1 Å². The van der Waals surface area contributed by atoms with Crippen molar-refractivity contribution in [3.05, 3.63) is 126 Å². The summed E-state index contributed by atoms with van der Waals surface area (Å²) < 4.78 is 3.17. The maximum Gasteiger partial charge on any atom is 0.282 e. The minimum atomic E-state index is -0.612. The molecule has 0 saturated carbocycles. The van der Waals surface area contributed by atoms with E-state index in [1.165, 1.54) is 51.4 Å². The highest BCUT2D eigenvalue weighted by Gasteiger charge is 2.21. The zero-order valence-electron chi connectivity index (χ0n) is 43.5. The van der Waals surface area contributed by atoms with Gasteiger partial charge in [0, 0.05) is 50.6 Å². The topological polar surface area (TPSA) is 153 Å².